The molecule has 0 bridgehead atoms. The highest BCUT2D eigenvalue weighted by Crippen LogP contribution is 2.17. The highest BCUT2D eigenvalue weighted by Gasteiger charge is 2.13. The van der Waals surface area contributed by atoms with Crippen LogP contribution in [0.1, 0.15) is 42.2 Å². The van der Waals surface area contributed by atoms with E-state index in [2.05, 4.69) is 10.6 Å². The molecule has 146 valence electrons. The number of carbonyl (C=O) groups is 2. The van der Waals surface area contributed by atoms with Gasteiger partial charge in [-0.3, -0.25) is 9.59 Å². The van der Waals surface area contributed by atoms with E-state index in [1.165, 1.54) is 12.1 Å². The van der Waals surface area contributed by atoms with Gasteiger partial charge in [0, 0.05) is 24.6 Å². The molecule has 27 heavy (non-hydrogen) atoms. The first kappa shape index (κ1) is 22.6. The van der Waals surface area contributed by atoms with Crippen LogP contribution in [0.4, 0.5) is 10.1 Å². The lowest BCUT2D eigenvalue weighted by Crippen LogP contribution is -2.32. The van der Waals surface area contributed by atoms with Gasteiger partial charge in [0.2, 0.25) is 5.91 Å². The molecular weight excluding hydrogens is 369 g/mol. The Bertz CT molecular complexity index is 769. The first-order chi connectivity index (χ1) is 12.4. The summed E-state index contributed by atoms with van der Waals surface area (Å²) in [6, 6.07) is 13.0. The van der Waals surface area contributed by atoms with Crippen molar-refractivity contribution < 1.29 is 14.0 Å². The van der Waals surface area contributed by atoms with Crippen molar-refractivity contribution in [3.63, 3.8) is 0 Å². The second-order valence-electron chi connectivity index (χ2n) is 6.57. The van der Waals surface area contributed by atoms with Gasteiger partial charge in [-0.2, -0.15) is 0 Å². The fourth-order valence-electron chi connectivity index (χ4n) is 2.45. The average molecular weight is 394 g/mol. The Hall–Kier alpha value is -2.44. The molecule has 2 aromatic rings. The summed E-state index contributed by atoms with van der Waals surface area (Å²) in [5.74, 6) is -1.15. The van der Waals surface area contributed by atoms with E-state index < -0.39 is 11.7 Å². The van der Waals surface area contributed by atoms with Crippen molar-refractivity contribution >= 4 is 29.9 Å². The predicted molar refractivity (Wildman–Crippen MR) is 107 cm³/mol. The summed E-state index contributed by atoms with van der Waals surface area (Å²) in [5, 5.41) is 5.21. The smallest absolute Gasteiger partial charge is 0.251 e. The van der Waals surface area contributed by atoms with Gasteiger partial charge in [0.1, 0.15) is 5.82 Å². The van der Waals surface area contributed by atoms with Crippen LogP contribution in [-0.4, -0.2) is 18.4 Å². The number of amides is 2. The van der Waals surface area contributed by atoms with Crippen LogP contribution in [0.3, 0.4) is 0 Å². The summed E-state index contributed by atoms with van der Waals surface area (Å²) in [4.78, 5) is 23.9. The third-order valence-electron chi connectivity index (χ3n) is 3.81. The van der Waals surface area contributed by atoms with Crippen molar-refractivity contribution in [1.29, 1.82) is 0 Å². The van der Waals surface area contributed by atoms with Crippen molar-refractivity contribution in [2.45, 2.75) is 26.3 Å². The molecule has 0 aromatic heterocycles. The van der Waals surface area contributed by atoms with Gasteiger partial charge < -0.3 is 16.4 Å². The molecule has 2 aromatic carbocycles. The van der Waals surface area contributed by atoms with Crippen LogP contribution in [0.15, 0.2) is 48.5 Å². The van der Waals surface area contributed by atoms with Crippen LogP contribution < -0.4 is 16.4 Å². The molecule has 2 rings (SSSR count). The molecule has 5 nitrogen and oxygen atoms in total. The van der Waals surface area contributed by atoms with Gasteiger partial charge in [-0.1, -0.05) is 44.2 Å². The van der Waals surface area contributed by atoms with Gasteiger partial charge in [0.15, 0.2) is 0 Å². The molecule has 0 saturated heterocycles. The van der Waals surface area contributed by atoms with Crippen molar-refractivity contribution in [3.05, 3.63) is 65.5 Å². The number of benzene rings is 2. The summed E-state index contributed by atoms with van der Waals surface area (Å²) in [6.45, 7) is 4.05. The van der Waals surface area contributed by atoms with E-state index in [1.807, 2.05) is 44.2 Å². The SMILES string of the molecule is CC(C)CC(=O)Nc1ccc(C(=O)NCC(N)c2ccccc2)cc1F.Cl. The third-order valence-corrected chi connectivity index (χ3v) is 3.81. The summed E-state index contributed by atoms with van der Waals surface area (Å²) >= 11 is 0. The number of hydrogen-bond acceptors (Lipinski definition) is 3. The highest BCUT2D eigenvalue weighted by molar-refractivity contribution is 5.96. The largest absolute Gasteiger partial charge is 0.350 e. The second-order valence-corrected chi connectivity index (χ2v) is 6.57. The zero-order chi connectivity index (χ0) is 19.1. The van der Waals surface area contributed by atoms with E-state index in [4.69, 9.17) is 5.73 Å². The minimum Gasteiger partial charge on any atom is -0.350 e. The van der Waals surface area contributed by atoms with E-state index in [9.17, 15) is 14.0 Å². The zero-order valence-corrected chi connectivity index (χ0v) is 16.2. The average Bonchev–Trinajstić information content (AvgIpc) is 2.61. The Kier molecular flexibility index (Phi) is 8.91. The first-order valence-corrected chi connectivity index (χ1v) is 8.55. The lowest BCUT2D eigenvalue weighted by atomic mass is 10.1. The van der Waals surface area contributed by atoms with E-state index in [0.717, 1.165) is 11.6 Å². The lowest BCUT2D eigenvalue weighted by Gasteiger charge is -2.14. The maximum Gasteiger partial charge on any atom is 0.251 e. The molecule has 2 amide bonds. The lowest BCUT2D eigenvalue weighted by molar-refractivity contribution is -0.116. The molecule has 0 saturated carbocycles. The standard InChI is InChI=1S/C20H24FN3O2.ClH/c1-13(2)10-19(25)24-18-9-8-15(11-16(18)21)20(26)23-12-17(22)14-6-4-3-5-7-14;/h3-9,11,13,17H,10,12,22H2,1-2H3,(H,23,26)(H,24,25);1H. The van der Waals surface area contributed by atoms with Gasteiger partial charge in [-0.05, 0) is 29.7 Å². The fraction of sp³-hybridized carbons (Fsp3) is 0.300. The van der Waals surface area contributed by atoms with Gasteiger partial charge in [0.25, 0.3) is 5.91 Å². The van der Waals surface area contributed by atoms with Crippen molar-refractivity contribution in [2.24, 2.45) is 11.7 Å². The van der Waals surface area contributed by atoms with Crippen molar-refractivity contribution in [3.8, 4) is 0 Å². The van der Waals surface area contributed by atoms with Crippen LogP contribution in [0.2, 0.25) is 0 Å². The molecule has 0 spiro atoms. The molecule has 1 unspecified atom stereocenters. The summed E-state index contributed by atoms with van der Waals surface area (Å²) < 4.78 is 14.2. The monoisotopic (exact) mass is 393 g/mol. The molecule has 7 heteroatoms. The van der Waals surface area contributed by atoms with Gasteiger partial charge in [-0.25, -0.2) is 4.39 Å². The number of carbonyl (C=O) groups excluding carboxylic acids is 2. The number of nitrogens with two attached hydrogens (primary N) is 1. The molecule has 0 radical (unpaired) electrons. The molecule has 0 heterocycles. The number of hydrogen-bond donors (Lipinski definition) is 3. The predicted octanol–water partition coefficient (Wildman–Crippen LogP) is 3.66. The first-order valence-electron chi connectivity index (χ1n) is 8.55. The molecular formula is C20H25ClFN3O2. The van der Waals surface area contributed by atoms with E-state index >= 15 is 0 Å². The minimum absolute atomic E-state index is 0. The second kappa shape index (κ2) is 10.6. The third kappa shape index (κ3) is 7.00. The highest BCUT2D eigenvalue weighted by atomic mass is 35.5. The molecule has 0 aliphatic heterocycles. The summed E-state index contributed by atoms with van der Waals surface area (Å²) in [7, 11) is 0. The molecule has 0 fully saturated rings. The molecule has 0 aliphatic carbocycles. The number of halogens is 2. The van der Waals surface area contributed by atoms with Gasteiger partial charge >= 0.3 is 0 Å². The maximum atomic E-state index is 14.2. The molecule has 1 atom stereocenters. The number of anilines is 1. The van der Waals surface area contributed by atoms with Crippen molar-refractivity contribution in [2.75, 3.05) is 11.9 Å². The Morgan fingerprint density at radius 1 is 1.11 bits per heavy atom. The van der Waals surface area contributed by atoms with Crippen LogP contribution in [0.25, 0.3) is 0 Å². The van der Waals surface area contributed by atoms with Crippen LogP contribution in [0, 0.1) is 11.7 Å². The van der Waals surface area contributed by atoms with Crippen molar-refractivity contribution in [1.82, 2.24) is 5.32 Å². The maximum absolute atomic E-state index is 14.2. The molecule has 0 aliphatic rings. The summed E-state index contributed by atoms with van der Waals surface area (Å²) in [5.41, 5.74) is 7.17. The van der Waals surface area contributed by atoms with Gasteiger partial charge in [0.05, 0.1) is 5.69 Å². The van der Waals surface area contributed by atoms with E-state index in [-0.39, 0.29) is 48.1 Å². The van der Waals surface area contributed by atoms with Crippen LogP contribution >= 0.6 is 12.4 Å². The Morgan fingerprint density at radius 2 is 1.78 bits per heavy atom. The summed E-state index contributed by atoms with van der Waals surface area (Å²) in [6.07, 6.45) is 0.305. The van der Waals surface area contributed by atoms with Crippen LogP contribution in [-0.2, 0) is 4.79 Å². The molecule has 4 N–H and O–H groups in total. The fourth-order valence-corrected chi connectivity index (χ4v) is 2.45. The van der Waals surface area contributed by atoms with E-state index in [1.54, 1.807) is 0 Å². The van der Waals surface area contributed by atoms with Crippen LogP contribution in [0.5, 0.6) is 0 Å². The quantitative estimate of drug-likeness (QED) is 0.671. The van der Waals surface area contributed by atoms with Gasteiger partial charge in [-0.15, -0.1) is 12.4 Å². The number of nitrogens with one attached hydrogen (secondary N) is 2. The minimum atomic E-state index is -0.651. The Morgan fingerprint density at radius 3 is 2.37 bits per heavy atom. The number of rotatable bonds is 7. The Balaban J connectivity index is 0.00000364. The topological polar surface area (TPSA) is 84.2 Å². The zero-order valence-electron chi connectivity index (χ0n) is 15.4. The normalized spacial score (nSPS) is 11.4. The Labute approximate surface area is 164 Å². The van der Waals surface area contributed by atoms with E-state index in [0.29, 0.717) is 6.42 Å².